The maximum Gasteiger partial charge on any atom is 0.259 e. The number of benzene rings is 1. The van der Waals surface area contributed by atoms with E-state index in [0.717, 1.165) is 25.9 Å². The van der Waals surface area contributed by atoms with Crippen molar-refractivity contribution in [3.8, 4) is 11.5 Å². The number of amides is 1. The number of likely N-dealkylation sites (tertiary alicyclic amines) is 1. The molecule has 0 aromatic heterocycles. The zero-order valence-electron chi connectivity index (χ0n) is 13.1. The summed E-state index contributed by atoms with van der Waals surface area (Å²) < 4.78 is 5.13. The number of halogens is 3. The smallest absolute Gasteiger partial charge is 0.259 e. The maximum atomic E-state index is 12.4. The second kappa shape index (κ2) is 8.83. The molecule has 5 nitrogen and oxygen atoms in total. The third-order valence-electron chi connectivity index (χ3n) is 4.00. The molecule has 1 aromatic rings. The monoisotopic (exact) mass is 382 g/mol. The van der Waals surface area contributed by atoms with Gasteiger partial charge in [0, 0.05) is 12.6 Å². The van der Waals surface area contributed by atoms with Gasteiger partial charge in [0.25, 0.3) is 5.91 Å². The minimum absolute atomic E-state index is 0. The quantitative estimate of drug-likeness (QED) is 0.818. The lowest BCUT2D eigenvalue weighted by Crippen LogP contribution is -2.40. The average molecular weight is 384 g/mol. The number of hydrogen-bond acceptors (Lipinski definition) is 4. The Morgan fingerprint density at radius 3 is 2.78 bits per heavy atom. The van der Waals surface area contributed by atoms with Crippen molar-refractivity contribution in [1.29, 1.82) is 0 Å². The predicted octanol–water partition coefficient (Wildman–Crippen LogP) is 3.34. The van der Waals surface area contributed by atoms with Crippen molar-refractivity contribution in [2.45, 2.75) is 25.8 Å². The van der Waals surface area contributed by atoms with Crippen LogP contribution in [0.5, 0.6) is 11.5 Å². The number of carbonyl (C=O) groups is 1. The molecule has 0 spiro atoms. The first-order chi connectivity index (χ1) is 10.5. The van der Waals surface area contributed by atoms with Crippen LogP contribution >= 0.6 is 35.6 Å². The summed E-state index contributed by atoms with van der Waals surface area (Å²) in [5.74, 6) is -0.638. The highest BCUT2D eigenvalue weighted by atomic mass is 35.5. The maximum absolute atomic E-state index is 12.4. The molecule has 1 atom stereocenters. The molecule has 130 valence electrons. The lowest BCUT2D eigenvalue weighted by molar-refractivity contribution is 0.0935. The van der Waals surface area contributed by atoms with Crippen LogP contribution in [0.15, 0.2) is 6.07 Å². The summed E-state index contributed by atoms with van der Waals surface area (Å²) in [6.45, 7) is 4.62. The van der Waals surface area contributed by atoms with Crippen LogP contribution in [-0.4, -0.2) is 48.7 Å². The number of rotatable bonds is 5. The molecule has 1 aliphatic rings. The van der Waals surface area contributed by atoms with Crippen LogP contribution in [0.1, 0.15) is 30.1 Å². The predicted molar refractivity (Wildman–Crippen MR) is 94.5 cm³/mol. The highest BCUT2D eigenvalue weighted by Crippen LogP contribution is 2.40. The van der Waals surface area contributed by atoms with Gasteiger partial charge in [0.15, 0.2) is 11.5 Å². The SMILES string of the molecule is CCN1CCC[C@H]1CNC(=O)c1c(O)c(Cl)cc(Cl)c1OC.Cl. The Morgan fingerprint density at radius 1 is 1.48 bits per heavy atom. The minimum atomic E-state index is -0.443. The number of ether oxygens (including phenoxy) is 1. The van der Waals surface area contributed by atoms with Crippen molar-refractivity contribution in [3.63, 3.8) is 0 Å². The van der Waals surface area contributed by atoms with Crippen molar-refractivity contribution >= 4 is 41.5 Å². The highest BCUT2D eigenvalue weighted by molar-refractivity contribution is 6.37. The summed E-state index contributed by atoms with van der Waals surface area (Å²) in [7, 11) is 1.39. The Balaban J connectivity index is 0.00000264. The summed E-state index contributed by atoms with van der Waals surface area (Å²) >= 11 is 11.9. The largest absolute Gasteiger partial charge is 0.505 e. The van der Waals surface area contributed by atoms with Crippen molar-refractivity contribution in [2.75, 3.05) is 26.7 Å². The lowest BCUT2D eigenvalue weighted by Gasteiger charge is -2.23. The van der Waals surface area contributed by atoms with E-state index in [9.17, 15) is 9.90 Å². The van der Waals surface area contributed by atoms with Crippen molar-refractivity contribution < 1.29 is 14.6 Å². The van der Waals surface area contributed by atoms with E-state index in [0.29, 0.717) is 12.6 Å². The molecule has 1 aliphatic heterocycles. The van der Waals surface area contributed by atoms with Gasteiger partial charge >= 0.3 is 0 Å². The van der Waals surface area contributed by atoms with Crippen molar-refractivity contribution in [1.82, 2.24) is 10.2 Å². The molecule has 0 aliphatic carbocycles. The molecule has 0 unspecified atom stereocenters. The van der Waals surface area contributed by atoms with E-state index in [1.54, 1.807) is 0 Å². The van der Waals surface area contributed by atoms with Gasteiger partial charge < -0.3 is 15.2 Å². The minimum Gasteiger partial charge on any atom is -0.505 e. The fourth-order valence-electron chi connectivity index (χ4n) is 2.84. The fourth-order valence-corrected chi connectivity index (χ4v) is 3.38. The number of phenolic OH excluding ortho intramolecular Hbond substituents is 1. The summed E-state index contributed by atoms with van der Waals surface area (Å²) in [5.41, 5.74) is -0.0268. The van der Waals surface area contributed by atoms with E-state index < -0.39 is 5.91 Å². The molecule has 0 saturated carbocycles. The van der Waals surface area contributed by atoms with E-state index >= 15 is 0 Å². The van der Waals surface area contributed by atoms with Crippen molar-refractivity contribution in [2.24, 2.45) is 0 Å². The number of likely N-dealkylation sites (N-methyl/N-ethyl adjacent to an activating group) is 1. The molecular formula is C15H21Cl3N2O3. The molecule has 2 N–H and O–H groups in total. The van der Waals surface area contributed by atoms with Crippen LogP contribution in [0, 0.1) is 0 Å². The first-order valence-corrected chi connectivity index (χ1v) is 8.02. The lowest BCUT2D eigenvalue weighted by atomic mass is 10.1. The average Bonchev–Trinajstić information content (AvgIpc) is 2.95. The van der Waals surface area contributed by atoms with Gasteiger partial charge in [0.05, 0.1) is 17.2 Å². The molecule has 1 heterocycles. The van der Waals surface area contributed by atoms with Crippen LogP contribution in [0.2, 0.25) is 10.0 Å². The van der Waals surface area contributed by atoms with Gasteiger partial charge in [-0.15, -0.1) is 12.4 Å². The topological polar surface area (TPSA) is 61.8 Å². The molecule has 23 heavy (non-hydrogen) atoms. The number of phenols is 1. The van der Waals surface area contributed by atoms with Crippen LogP contribution in [0.3, 0.4) is 0 Å². The number of nitrogens with one attached hydrogen (secondary N) is 1. The Bertz CT molecular complexity index is 569. The van der Waals surface area contributed by atoms with E-state index in [-0.39, 0.29) is 39.5 Å². The molecule has 0 bridgehead atoms. The Hall–Kier alpha value is -0.880. The number of nitrogens with zero attached hydrogens (tertiary/aromatic N) is 1. The molecule has 1 amide bonds. The molecule has 1 aromatic carbocycles. The Labute approximate surface area is 152 Å². The van der Waals surface area contributed by atoms with E-state index in [1.807, 2.05) is 0 Å². The first-order valence-electron chi connectivity index (χ1n) is 7.26. The normalized spacial score (nSPS) is 17.7. The molecule has 1 saturated heterocycles. The molecule has 0 radical (unpaired) electrons. The van der Waals surface area contributed by atoms with Crippen LogP contribution in [0.4, 0.5) is 0 Å². The van der Waals surface area contributed by atoms with Crippen molar-refractivity contribution in [3.05, 3.63) is 21.7 Å². The standard InChI is InChI=1S/C15H20Cl2N2O3.ClH/c1-3-19-6-4-5-9(19)8-18-15(21)12-13(20)10(16)7-11(17)14(12)22-2;/h7,9,20H,3-6,8H2,1-2H3,(H,18,21);1H/t9-;/m0./s1. The summed E-state index contributed by atoms with van der Waals surface area (Å²) in [6, 6.07) is 1.67. The first kappa shape index (κ1) is 20.2. The van der Waals surface area contributed by atoms with E-state index in [2.05, 4.69) is 17.1 Å². The third kappa shape index (κ3) is 4.35. The fraction of sp³-hybridized carbons (Fsp3) is 0.533. The molecule has 2 rings (SSSR count). The van der Waals surface area contributed by atoms with E-state index in [4.69, 9.17) is 27.9 Å². The summed E-state index contributed by atoms with van der Waals surface area (Å²) in [4.78, 5) is 14.7. The zero-order chi connectivity index (χ0) is 16.3. The van der Waals surface area contributed by atoms with Gasteiger partial charge in [-0.3, -0.25) is 9.69 Å². The van der Waals surface area contributed by atoms with Crippen LogP contribution in [0.25, 0.3) is 0 Å². The number of carbonyl (C=O) groups excluding carboxylic acids is 1. The van der Waals surface area contributed by atoms with Gasteiger partial charge in [0.2, 0.25) is 0 Å². The zero-order valence-corrected chi connectivity index (χ0v) is 15.4. The third-order valence-corrected chi connectivity index (χ3v) is 4.56. The van der Waals surface area contributed by atoms with Gasteiger partial charge in [-0.1, -0.05) is 30.1 Å². The second-order valence-electron chi connectivity index (χ2n) is 5.23. The molecule has 8 heteroatoms. The Morgan fingerprint density at radius 2 is 2.17 bits per heavy atom. The van der Waals surface area contributed by atoms with Gasteiger partial charge in [0.1, 0.15) is 5.56 Å². The summed E-state index contributed by atoms with van der Waals surface area (Å²) in [6.07, 6.45) is 2.18. The summed E-state index contributed by atoms with van der Waals surface area (Å²) in [5, 5.41) is 13.1. The van der Waals surface area contributed by atoms with Gasteiger partial charge in [-0.2, -0.15) is 0 Å². The van der Waals surface area contributed by atoms with Gasteiger partial charge in [-0.05, 0) is 32.0 Å². The molecule has 1 fully saturated rings. The second-order valence-corrected chi connectivity index (χ2v) is 6.05. The number of methoxy groups -OCH3 is 1. The number of hydrogen-bond donors (Lipinski definition) is 2. The van der Waals surface area contributed by atoms with E-state index in [1.165, 1.54) is 13.2 Å². The Kier molecular flexibility index (Phi) is 7.74. The van der Waals surface area contributed by atoms with Gasteiger partial charge in [-0.25, -0.2) is 0 Å². The molecular weight excluding hydrogens is 363 g/mol. The van der Waals surface area contributed by atoms with Crippen LogP contribution < -0.4 is 10.1 Å². The number of aromatic hydroxyl groups is 1. The highest BCUT2D eigenvalue weighted by Gasteiger charge is 2.26. The van der Waals surface area contributed by atoms with Crippen LogP contribution in [-0.2, 0) is 0 Å².